The summed E-state index contributed by atoms with van der Waals surface area (Å²) in [6.45, 7) is 2.59. The zero-order valence-corrected chi connectivity index (χ0v) is 12.9. The molecule has 0 aliphatic rings. The molecule has 0 atom stereocenters. The van der Waals surface area contributed by atoms with Gasteiger partial charge in [0.15, 0.2) is 5.78 Å². The second kappa shape index (κ2) is 8.08. The van der Waals surface area contributed by atoms with Gasteiger partial charge in [-0.2, -0.15) is 0 Å². The highest BCUT2D eigenvalue weighted by Gasteiger charge is 2.06. The van der Waals surface area contributed by atoms with E-state index in [1.165, 1.54) is 6.92 Å². The summed E-state index contributed by atoms with van der Waals surface area (Å²) in [4.78, 5) is 11.5. The van der Waals surface area contributed by atoms with Crippen molar-refractivity contribution in [3.05, 3.63) is 54.1 Å². The van der Waals surface area contributed by atoms with Gasteiger partial charge in [0.05, 0.1) is 25.9 Å². The molecule has 0 aliphatic heterocycles. The van der Waals surface area contributed by atoms with Crippen LogP contribution in [0.1, 0.15) is 23.7 Å². The maximum atomic E-state index is 11.5. The van der Waals surface area contributed by atoms with Crippen LogP contribution in [0.15, 0.2) is 48.5 Å². The van der Waals surface area contributed by atoms with Crippen LogP contribution in [0, 0.1) is 0 Å². The lowest BCUT2D eigenvalue weighted by Crippen LogP contribution is -2.07. The summed E-state index contributed by atoms with van der Waals surface area (Å²) < 4.78 is 16.4. The van der Waals surface area contributed by atoms with Gasteiger partial charge in [-0.15, -0.1) is 0 Å². The highest BCUT2D eigenvalue weighted by atomic mass is 16.5. The molecule has 4 nitrogen and oxygen atoms in total. The predicted molar refractivity (Wildman–Crippen MR) is 85.0 cm³/mol. The first-order chi connectivity index (χ1) is 10.7. The van der Waals surface area contributed by atoms with Crippen molar-refractivity contribution in [2.24, 2.45) is 0 Å². The Morgan fingerprint density at radius 1 is 0.909 bits per heavy atom. The van der Waals surface area contributed by atoms with E-state index in [0.29, 0.717) is 24.5 Å². The Balaban J connectivity index is 1.74. The molecule has 0 fully saturated rings. The summed E-state index contributed by atoms with van der Waals surface area (Å²) in [7, 11) is 1.63. The highest BCUT2D eigenvalue weighted by Crippen LogP contribution is 2.19. The van der Waals surface area contributed by atoms with E-state index in [9.17, 15) is 4.79 Å². The van der Waals surface area contributed by atoms with Crippen LogP contribution in [0.5, 0.6) is 17.2 Å². The number of hydrogen-bond acceptors (Lipinski definition) is 4. The van der Waals surface area contributed by atoms with Crippen LogP contribution in [0.25, 0.3) is 0 Å². The van der Waals surface area contributed by atoms with Crippen LogP contribution in [0.4, 0.5) is 0 Å². The number of rotatable bonds is 8. The Morgan fingerprint density at radius 3 is 2.23 bits per heavy atom. The number of para-hydroxylation sites is 1. The summed E-state index contributed by atoms with van der Waals surface area (Å²) in [5.41, 5.74) is 0.610. The third-order valence-electron chi connectivity index (χ3n) is 3.14. The van der Waals surface area contributed by atoms with Crippen molar-refractivity contribution in [1.29, 1.82) is 0 Å². The molecule has 2 aromatic carbocycles. The molecule has 0 spiro atoms. The van der Waals surface area contributed by atoms with Gasteiger partial charge in [0.2, 0.25) is 0 Å². The third kappa shape index (κ3) is 4.52. The minimum absolute atomic E-state index is 0.00471. The van der Waals surface area contributed by atoms with Crippen LogP contribution in [0.3, 0.4) is 0 Å². The molecule has 0 saturated carbocycles. The van der Waals surface area contributed by atoms with E-state index in [2.05, 4.69) is 0 Å². The topological polar surface area (TPSA) is 44.8 Å². The Kier molecular flexibility index (Phi) is 5.83. The average molecular weight is 300 g/mol. The fourth-order valence-electron chi connectivity index (χ4n) is 1.99. The fraction of sp³-hybridized carbons (Fsp3) is 0.278. The van der Waals surface area contributed by atoms with E-state index in [4.69, 9.17) is 14.2 Å². The lowest BCUT2D eigenvalue weighted by atomic mass is 10.1. The van der Waals surface area contributed by atoms with Crippen molar-refractivity contribution in [1.82, 2.24) is 0 Å². The number of carbonyl (C=O) groups excluding carboxylic acids is 1. The van der Waals surface area contributed by atoms with Crippen LogP contribution >= 0.6 is 0 Å². The fourth-order valence-corrected chi connectivity index (χ4v) is 1.99. The molecule has 116 valence electrons. The summed E-state index contributed by atoms with van der Waals surface area (Å²) in [5, 5.41) is 0. The van der Waals surface area contributed by atoms with Gasteiger partial charge in [-0.05, 0) is 43.3 Å². The lowest BCUT2D eigenvalue weighted by molar-refractivity contribution is 0.101. The van der Waals surface area contributed by atoms with Gasteiger partial charge in [0.25, 0.3) is 0 Å². The number of methoxy groups -OCH3 is 1. The minimum atomic E-state index is 0.00471. The standard InChI is InChI=1S/C18H20O4/c1-14(19)17-6-3-4-7-18(17)22-13-5-12-21-16-10-8-15(20-2)9-11-16/h3-4,6-11H,5,12-13H2,1-2H3. The largest absolute Gasteiger partial charge is 0.497 e. The molecule has 2 aromatic rings. The molecule has 0 heterocycles. The maximum Gasteiger partial charge on any atom is 0.163 e. The van der Waals surface area contributed by atoms with Gasteiger partial charge in [-0.3, -0.25) is 4.79 Å². The average Bonchev–Trinajstić information content (AvgIpc) is 2.55. The molecule has 0 bridgehead atoms. The van der Waals surface area contributed by atoms with Gasteiger partial charge in [-0.25, -0.2) is 0 Å². The van der Waals surface area contributed by atoms with E-state index >= 15 is 0 Å². The van der Waals surface area contributed by atoms with Crippen molar-refractivity contribution >= 4 is 5.78 Å². The zero-order chi connectivity index (χ0) is 15.8. The molecular formula is C18H20O4. The second-order valence-electron chi connectivity index (χ2n) is 4.78. The Hall–Kier alpha value is -2.49. The van der Waals surface area contributed by atoms with E-state index in [-0.39, 0.29) is 5.78 Å². The van der Waals surface area contributed by atoms with Crippen molar-refractivity contribution in [2.45, 2.75) is 13.3 Å². The first-order valence-electron chi connectivity index (χ1n) is 7.20. The van der Waals surface area contributed by atoms with Gasteiger partial charge in [0.1, 0.15) is 17.2 Å². The predicted octanol–water partition coefficient (Wildman–Crippen LogP) is 3.75. The van der Waals surface area contributed by atoms with Crippen molar-refractivity contribution < 1.29 is 19.0 Å². The maximum absolute atomic E-state index is 11.5. The van der Waals surface area contributed by atoms with Gasteiger partial charge < -0.3 is 14.2 Å². The van der Waals surface area contributed by atoms with Crippen LogP contribution < -0.4 is 14.2 Å². The first-order valence-corrected chi connectivity index (χ1v) is 7.20. The van der Waals surface area contributed by atoms with E-state index in [1.54, 1.807) is 19.2 Å². The molecule has 0 aliphatic carbocycles. The molecule has 2 rings (SSSR count). The minimum Gasteiger partial charge on any atom is -0.497 e. The summed E-state index contributed by atoms with van der Waals surface area (Å²) in [6, 6.07) is 14.7. The molecule has 0 N–H and O–H groups in total. The number of ketones is 1. The highest BCUT2D eigenvalue weighted by molar-refractivity contribution is 5.96. The molecule has 0 unspecified atom stereocenters. The van der Waals surface area contributed by atoms with E-state index in [0.717, 1.165) is 17.9 Å². The third-order valence-corrected chi connectivity index (χ3v) is 3.14. The quantitative estimate of drug-likeness (QED) is 0.550. The monoisotopic (exact) mass is 300 g/mol. The molecule has 0 radical (unpaired) electrons. The number of ether oxygens (including phenoxy) is 3. The van der Waals surface area contributed by atoms with Crippen molar-refractivity contribution in [2.75, 3.05) is 20.3 Å². The SMILES string of the molecule is COc1ccc(OCCCOc2ccccc2C(C)=O)cc1. The van der Waals surface area contributed by atoms with Gasteiger partial charge in [0, 0.05) is 6.42 Å². The Morgan fingerprint density at radius 2 is 1.55 bits per heavy atom. The number of Topliss-reactive ketones (excluding diaryl/α,β-unsaturated/α-hetero) is 1. The number of benzene rings is 2. The number of carbonyl (C=O) groups is 1. The molecular weight excluding hydrogens is 280 g/mol. The smallest absolute Gasteiger partial charge is 0.163 e. The summed E-state index contributed by atoms with van der Waals surface area (Å²) >= 11 is 0. The van der Waals surface area contributed by atoms with E-state index < -0.39 is 0 Å². The summed E-state index contributed by atoms with van der Waals surface area (Å²) in [5.74, 6) is 2.23. The van der Waals surface area contributed by atoms with Crippen LogP contribution in [0.2, 0.25) is 0 Å². The van der Waals surface area contributed by atoms with Crippen LogP contribution in [-0.4, -0.2) is 26.1 Å². The number of hydrogen-bond donors (Lipinski definition) is 0. The molecule has 4 heteroatoms. The normalized spacial score (nSPS) is 10.1. The Labute approximate surface area is 130 Å². The Bertz CT molecular complexity index is 605. The van der Waals surface area contributed by atoms with E-state index in [1.807, 2.05) is 36.4 Å². The summed E-state index contributed by atoms with van der Waals surface area (Å²) in [6.07, 6.45) is 0.734. The van der Waals surface area contributed by atoms with Gasteiger partial charge in [-0.1, -0.05) is 12.1 Å². The molecule has 0 saturated heterocycles. The second-order valence-corrected chi connectivity index (χ2v) is 4.78. The first kappa shape index (κ1) is 15.9. The molecule has 22 heavy (non-hydrogen) atoms. The van der Waals surface area contributed by atoms with Crippen molar-refractivity contribution in [3.63, 3.8) is 0 Å². The lowest BCUT2D eigenvalue weighted by Gasteiger charge is -2.10. The molecule has 0 aromatic heterocycles. The zero-order valence-electron chi connectivity index (χ0n) is 12.9. The molecule has 0 amide bonds. The van der Waals surface area contributed by atoms with Gasteiger partial charge >= 0.3 is 0 Å². The van der Waals surface area contributed by atoms with Crippen LogP contribution in [-0.2, 0) is 0 Å². The van der Waals surface area contributed by atoms with Crippen molar-refractivity contribution in [3.8, 4) is 17.2 Å².